The molecule has 21 heavy (non-hydrogen) atoms. The van der Waals surface area contributed by atoms with Gasteiger partial charge in [0.15, 0.2) is 0 Å². The molecule has 1 saturated carbocycles. The molecule has 0 nitrogen and oxygen atoms in total. The minimum atomic E-state index is 0.955. The van der Waals surface area contributed by atoms with Crippen LogP contribution >= 0.6 is 0 Å². The summed E-state index contributed by atoms with van der Waals surface area (Å²) in [5.41, 5.74) is 2.92. The average molecular weight is 284 g/mol. The molecule has 0 unspecified atom stereocenters. The quantitative estimate of drug-likeness (QED) is 0.512. The zero-order valence-corrected chi connectivity index (χ0v) is 14.0. The molecular weight excluding hydrogens is 252 g/mol. The van der Waals surface area contributed by atoms with Gasteiger partial charge < -0.3 is 0 Å². The zero-order chi connectivity index (χ0) is 14.9. The monoisotopic (exact) mass is 284 g/mol. The SMILES string of the molecule is CCCc1ccc(C/C=C\CC2CCC(CC)CC2)cc1. The van der Waals surface area contributed by atoms with Crippen molar-refractivity contribution in [2.45, 2.75) is 71.6 Å². The summed E-state index contributed by atoms with van der Waals surface area (Å²) in [5.74, 6) is 1.97. The summed E-state index contributed by atoms with van der Waals surface area (Å²) in [5, 5.41) is 0. The third-order valence-electron chi connectivity index (χ3n) is 5.09. The standard InChI is InChI=1S/C21H32/c1-3-7-19-14-16-21(17-15-19)9-6-5-8-20-12-10-18(4-2)11-13-20/h5-6,14-18,20H,3-4,7-13H2,1-2H3/b6-5-. The van der Waals surface area contributed by atoms with Gasteiger partial charge in [0.05, 0.1) is 0 Å². The van der Waals surface area contributed by atoms with Crippen LogP contribution < -0.4 is 0 Å². The van der Waals surface area contributed by atoms with Gasteiger partial charge in [-0.15, -0.1) is 0 Å². The maximum Gasteiger partial charge on any atom is -0.00975 e. The van der Waals surface area contributed by atoms with E-state index in [1.54, 1.807) is 0 Å². The summed E-state index contributed by atoms with van der Waals surface area (Å²) in [7, 11) is 0. The predicted molar refractivity (Wildman–Crippen MR) is 93.6 cm³/mol. The van der Waals surface area contributed by atoms with Crippen molar-refractivity contribution in [1.82, 2.24) is 0 Å². The number of rotatable bonds is 7. The van der Waals surface area contributed by atoms with E-state index in [1.165, 1.54) is 62.5 Å². The van der Waals surface area contributed by atoms with E-state index in [2.05, 4.69) is 50.3 Å². The third kappa shape index (κ3) is 5.69. The van der Waals surface area contributed by atoms with Gasteiger partial charge in [-0.1, -0.05) is 75.9 Å². The van der Waals surface area contributed by atoms with Crippen molar-refractivity contribution in [3.05, 3.63) is 47.5 Å². The van der Waals surface area contributed by atoms with Crippen LogP contribution in [0.3, 0.4) is 0 Å². The van der Waals surface area contributed by atoms with Crippen LogP contribution in [0.15, 0.2) is 36.4 Å². The van der Waals surface area contributed by atoms with Crippen LogP contribution in [0.1, 0.15) is 69.9 Å². The lowest BCUT2D eigenvalue weighted by atomic mass is 9.79. The van der Waals surface area contributed by atoms with Crippen molar-refractivity contribution in [3.8, 4) is 0 Å². The summed E-state index contributed by atoms with van der Waals surface area (Å²) >= 11 is 0. The highest BCUT2D eigenvalue weighted by Crippen LogP contribution is 2.32. The lowest BCUT2D eigenvalue weighted by molar-refractivity contribution is 0.271. The van der Waals surface area contributed by atoms with Gasteiger partial charge in [0, 0.05) is 0 Å². The van der Waals surface area contributed by atoms with Crippen LogP contribution in [-0.2, 0) is 12.8 Å². The van der Waals surface area contributed by atoms with Crippen LogP contribution in [0, 0.1) is 11.8 Å². The fourth-order valence-electron chi connectivity index (χ4n) is 3.51. The molecule has 0 spiro atoms. The largest absolute Gasteiger partial charge is 0.0879 e. The normalized spacial score (nSPS) is 22.8. The first-order chi connectivity index (χ1) is 10.3. The smallest absolute Gasteiger partial charge is 0.00975 e. The third-order valence-corrected chi connectivity index (χ3v) is 5.09. The van der Waals surface area contributed by atoms with Crippen LogP contribution in [0.4, 0.5) is 0 Å². The van der Waals surface area contributed by atoms with Crippen LogP contribution in [-0.4, -0.2) is 0 Å². The highest BCUT2D eigenvalue weighted by molar-refractivity contribution is 5.24. The minimum Gasteiger partial charge on any atom is -0.0879 e. The maximum atomic E-state index is 2.43. The second kappa shape index (κ2) is 9.07. The van der Waals surface area contributed by atoms with Gasteiger partial charge >= 0.3 is 0 Å². The average Bonchev–Trinajstić information content (AvgIpc) is 2.54. The molecule has 0 saturated heterocycles. The molecule has 116 valence electrons. The van der Waals surface area contributed by atoms with E-state index in [1.807, 2.05) is 0 Å². The summed E-state index contributed by atoms with van der Waals surface area (Å²) < 4.78 is 0. The molecule has 0 amide bonds. The molecule has 1 aliphatic carbocycles. The number of hydrogen-bond donors (Lipinski definition) is 0. The van der Waals surface area contributed by atoms with Crippen molar-refractivity contribution in [2.24, 2.45) is 11.8 Å². The van der Waals surface area contributed by atoms with Gasteiger partial charge in [-0.25, -0.2) is 0 Å². The Morgan fingerprint density at radius 2 is 1.48 bits per heavy atom. The Bertz CT molecular complexity index is 404. The topological polar surface area (TPSA) is 0 Å². The van der Waals surface area contributed by atoms with E-state index in [-0.39, 0.29) is 0 Å². The molecule has 1 aliphatic rings. The molecule has 0 N–H and O–H groups in total. The van der Waals surface area contributed by atoms with Crippen LogP contribution in [0.2, 0.25) is 0 Å². The van der Waals surface area contributed by atoms with Crippen LogP contribution in [0.5, 0.6) is 0 Å². The van der Waals surface area contributed by atoms with E-state index >= 15 is 0 Å². The first-order valence-corrected chi connectivity index (χ1v) is 9.04. The van der Waals surface area contributed by atoms with E-state index in [4.69, 9.17) is 0 Å². The highest BCUT2D eigenvalue weighted by atomic mass is 14.2. The molecule has 0 aromatic heterocycles. The number of allylic oxidation sites excluding steroid dienone is 2. The van der Waals surface area contributed by atoms with Crippen molar-refractivity contribution >= 4 is 0 Å². The molecule has 0 bridgehead atoms. The molecule has 0 heterocycles. The molecule has 0 radical (unpaired) electrons. The van der Waals surface area contributed by atoms with E-state index in [0.717, 1.165) is 18.3 Å². The molecule has 0 heteroatoms. The molecule has 1 aromatic rings. The highest BCUT2D eigenvalue weighted by Gasteiger charge is 2.18. The zero-order valence-electron chi connectivity index (χ0n) is 14.0. The van der Waals surface area contributed by atoms with Gasteiger partial charge in [0.1, 0.15) is 0 Å². The summed E-state index contributed by atoms with van der Waals surface area (Å²) in [4.78, 5) is 0. The maximum absolute atomic E-state index is 2.43. The summed E-state index contributed by atoms with van der Waals surface area (Å²) in [6, 6.07) is 9.17. The number of hydrogen-bond acceptors (Lipinski definition) is 0. The fourth-order valence-corrected chi connectivity index (χ4v) is 3.51. The second-order valence-electron chi connectivity index (χ2n) is 6.77. The Morgan fingerprint density at radius 3 is 2.10 bits per heavy atom. The van der Waals surface area contributed by atoms with Gasteiger partial charge in [-0.3, -0.25) is 0 Å². The van der Waals surface area contributed by atoms with E-state index < -0.39 is 0 Å². The Labute approximate surface area is 131 Å². The second-order valence-corrected chi connectivity index (χ2v) is 6.77. The Balaban J connectivity index is 1.68. The Kier molecular flexibility index (Phi) is 7.06. The molecule has 2 rings (SSSR count). The van der Waals surface area contributed by atoms with Gasteiger partial charge in [0.25, 0.3) is 0 Å². The fraction of sp³-hybridized carbons (Fsp3) is 0.619. The summed E-state index contributed by atoms with van der Waals surface area (Å²) in [6.45, 7) is 4.58. The predicted octanol–water partition coefficient (Wildman–Crippen LogP) is 6.34. The van der Waals surface area contributed by atoms with Gasteiger partial charge in [-0.2, -0.15) is 0 Å². The van der Waals surface area contributed by atoms with E-state index in [9.17, 15) is 0 Å². The molecule has 1 aromatic carbocycles. The molecule has 0 atom stereocenters. The van der Waals surface area contributed by atoms with Crippen LogP contribution in [0.25, 0.3) is 0 Å². The minimum absolute atomic E-state index is 0.955. The summed E-state index contributed by atoms with van der Waals surface area (Å²) in [6.07, 6.45) is 16.9. The van der Waals surface area contributed by atoms with Crippen molar-refractivity contribution in [2.75, 3.05) is 0 Å². The molecule has 1 fully saturated rings. The van der Waals surface area contributed by atoms with Crippen molar-refractivity contribution < 1.29 is 0 Å². The molecule has 0 aliphatic heterocycles. The van der Waals surface area contributed by atoms with Gasteiger partial charge in [0.2, 0.25) is 0 Å². The number of aryl methyl sites for hydroxylation is 1. The first-order valence-electron chi connectivity index (χ1n) is 9.04. The lowest BCUT2D eigenvalue weighted by Crippen LogP contribution is -2.13. The molecular formula is C21H32. The Hall–Kier alpha value is -1.04. The first kappa shape index (κ1) is 16.3. The van der Waals surface area contributed by atoms with Crippen molar-refractivity contribution in [1.29, 1.82) is 0 Å². The van der Waals surface area contributed by atoms with Crippen molar-refractivity contribution in [3.63, 3.8) is 0 Å². The Morgan fingerprint density at radius 1 is 0.857 bits per heavy atom. The van der Waals surface area contributed by atoms with E-state index in [0.29, 0.717) is 0 Å². The number of benzene rings is 1. The van der Waals surface area contributed by atoms with Gasteiger partial charge in [-0.05, 0) is 55.1 Å². The lowest BCUT2D eigenvalue weighted by Gasteiger charge is -2.26.